The fraction of sp³-hybridized carbons (Fsp3) is 0.143. The highest BCUT2D eigenvalue weighted by Gasteiger charge is 1.88. The van der Waals surface area contributed by atoms with Gasteiger partial charge in [0.25, 0.3) is 8.69 Å². The topological polar surface area (TPSA) is 26.3 Å². The first kappa shape index (κ1) is 7.23. The third-order valence-corrected chi connectivity index (χ3v) is 1.50. The van der Waals surface area contributed by atoms with E-state index >= 15 is 0 Å². The summed E-state index contributed by atoms with van der Waals surface area (Å²) in [4.78, 5) is 0. The molecule has 53 valence electrons. The van der Waals surface area contributed by atoms with Gasteiger partial charge in [0.1, 0.15) is 5.75 Å². The third kappa shape index (κ3) is 1.82. The highest BCUT2D eigenvalue weighted by atomic mass is 31.1. The molecule has 0 heterocycles. The number of hydrogen-bond donors (Lipinski definition) is 0. The smallest absolute Gasteiger partial charge is 0.253 e. The van der Waals surface area contributed by atoms with E-state index in [2.05, 4.69) is 0 Å². The van der Waals surface area contributed by atoms with Crippen molar-refractivity contribution >= 4 is 8.69 Å². The second kappa shape index (κ2) is 3.33. The summed E-state index contributed by atoms with van der Waals surface area (Å²) in [7, 11) is -0.718. The Morgan fingerprint density at radius 3 is 2.40 bits per heavy atom. The van der Waals surface area contributed by atoms with Crippen molar-refractivity contribution in [1.29, 1.82) is 0 Å². The van der Waals surface area contributed by atoms with Gasteiger partial charge in [-0.3, -0.25) is 0 Å². The summed E-state index contributed by atoms with van der Waals surface area (Å²) in [5.74, 6) is 0.652. The minimum atomic E-state index is -0.718. The van der Waals surface area contributed by atoms with Crippen molar-refractivity contribution in [2.75, 3.05) is 0 Å². The maximum absolute atomic E-state index is 9.99. The minimum absolute atomic E-state index is 0.652. The predicted molar refractivity (Wildman–Crippen MR) is 40.8 cm³/mol. The van der Waals surface area contributed by atoms with Gasteiger partial charge in [-0.15, -0.1) is 0 Å². The van der Waals surface area contributed by atoms with Crippen LogP contribution in [0.5, 0.6) is 5.75 Å². The summed E-state index contributed by atoms with van der Waals surface area (Å²) in [5.41, 5.74) is 1.17. The molecule has 0 aliphatic heterocycles. The van der Waals surface area contributed by atoms with Crippen molar-refractivity contribution in [2.45, 2.75) is 6.92 Å². The van der Waals surface area contributed by atoms with Crippen LogP contribution >= 0.6 is 8.69 Å². The highest BCUT2D eigenvalue weighted by molar-refractivity contribution is 7.17. The highest BCUT2D eigenvalue weighted by Crippen LogP contribution is 2.14. The molecule has 0 aliphatic rings. The van der Waals surface area contributed by atoms with E-state index < -0.39 is 8.69 Å². The number of rotatable bonds is 2. The largest absolute Gasteiger partial charge is 0.419 e. The molecule has 3 heteroatoms. The summed E-state index contributed by atoms with van der Waals surface area (Å²) >= 11 is 0. The quantitative estimate of drug-likeness (QED) is 0.612. The molecular formula is C7H8O2P. The molecule has 1 rings (SSSR count). The van der Waals surface area contributed by atoms with Crippen LogP contribution in [0.1, 0.15) is 5.56 Å². The summed E-state index contributed by atoms with van der Waals surface area (Å²) in [6, 6.07) is 7.41. The van der Waals surface area contributed by atoms with Gasteiger partial charge in [-0.1, -0.05) is 17.7 Å². The van der Waals surface area contributed by atoms with Gasteiger partial charge in [-0.05, 0) is 19.1 Å². The molecule has 0 bridgehead atoms. The molecule has 0 saturated carbocycles. The lowest BCUT2D eigenvalue weighted by molar-refractivity contribution is 0.525. The molecular weight excluding hydrogens is 147 g/mol. The van der Waals surface area contributed by atoms with Crippen molar-refractivity contribution in [2.24, 2.45) is 0 Å². The van der Waals surface area contributed by atoms with Crippen LogP contribution in [0, 0.1) is 6.92 Å². The second-order valence-corrected chi connectivity index (χ2v) is 2.37. The van der Waals surface area contributed by atoms with Crippen LogP contribution < -0.4 is 4.52 Å². The molecule has 1 aromatic rings. The first-order valence-electron chi connectivity index (χ1n) is 2.93. The van der Waals surface area contributed by atoms with Gasteiger partial charge in [0.05, 0.1) is 0 Å². The molecule has 1 unspecified atom stereocenters. The van der Waals surface area contributed by atoms with Gasteiger partial charge in [0.2, 0.25) is 0 Å². The van der Waals surface area contributed by atoms with Gasteiger partial charge < -0.3 is 4.52 Å². The molecule has 0 amide bonds. The van der Waals surface area contributed by atoms with E-state index in [1.165, 1.54) is 5.56 Å². The van der Waals surface area contributed by atoms with Crippen molar-refractivity contribution in [3.05, 3.63) is 29.8 Å². The minimum Gasteiger partial charge on any atom is -0.419 e. The van der Waals surface area contributed by atoms with Crippen LogP contribution in [0.3, 0.4) is 0 Å². The Morgan fingerprint density at radius 2 is 1.90 bits per heavy atom. The third-order valence-electron chi connectivity index (χ3n) is 1.18. The van der Waals surface area contributed by atoms with Gasteiger partial charge in [0.15, 0.2) is 0 Å². The van der Waals surface area contributed by atoms with E-state index in [1.807, 2.05) is 19.1 Å². The van der Waals surface area contributed by atoms with E-state index in [4.69, 9.17) is 4.52 Å². The molecule has 0 spiro atoms. The molecule has 0 aliphatic carbocycles. The van der Waals surface area contributed by atoms with E-state index in [0.29, 0.717) is 5.75 Å². The molecule has 0 N–H and O–H groups in total. The number of aryl methyl sites for hydroxylation is 1. The predicted octanol–water partition coefficient (Wildman–Crippen LogP) is 2.31. The lowest BCUT2D eigenvalue weighted by Gasteiger charge is -1.95. The van der Waals surface area contributed by atoms with Crippen LogP contribution in [-0.2, 0) is 4.57 Å². The van der Waals surface area contributed by atoms with Crippen LogP contribution in [0.4, 0.5) is 0 Å². The standard InChI is InChI=1S/C7H8O2P/c1-6-2-4-7(5-3-6)9-10-8/h2-5,10H,1H3. The lowest BCUT2D eigenvalue weighted by Crippen LogP contribution is -1.74. The second-order valence-electron chi connectivity index (χ2n) is 2.00. The van der Waals surface area contributed by atoms with Crippen LogP contribution in [0.2, 0.25) is 0 Å². The zero-order chi connectivity index (χ0) is 7.40. The molecule has 0 fully saturated rings. The van der Waals surface area contributed by atoms with Crippen molar-refractivity contribution in [3.63, 3.8) is 0 Å². The molecule has 10 heavy (non-hydrogen) atoms. The van der Waals surface area contributed by atoms with Gasteiger partial charge >= 0.3 is 0 Å². The van der Waals surface area contributed by atoms with Gasteiger partial charge in [-0.2, -0.15) is 0 Å². The number of hydrogen-bond acceptors (Lipinski definition) is 2. The van der Waals surface area contributed by atoms with E-state index in [9.17, 15) is 4.57 Å². The summed E-state index contributed by atoms with van der Waals surface area (Å²) in [5, 5.41) is 0. The Morgan fingerprint density at radius 1 is 1.30 bits per heavy atom. The molecule has 1 radical (unpaired) electrons. The summed E-state index contributed by atoms with van der Waals surface area (Å²) < 4.78 is 14.7. The van der Waals surface area contributed by atoms with Gasteiger partial charge in [0, 0.05) is 0 Å². The maximum atomic E-state index is 9.99. The Bertz CT molecular complexity index is 218. The monoisotopic (exact) mass is 155 g/mol. The van der Waals surface area contributed by atoms with E-state index in [1.54, 1.807) is 12.1 Å². The fourth-order valence-electron chi connectivity index (χ4n) is 0.654. The Hall–Kier alpha value is -0.880. The summed E-state index contributed by atoms with van der Waals surface area (Å²) in [6.45, 7) is 1.99. The SMILES string of the molecule is Cc1ccc(O[PH]=O)cc1. The average Bonchev–Trinajstić information content (AvgIpc) is 1.95. The molecule has 2 nitrogen and oxygen atoms in total. The normalized spacial score (nSPS) is 9.70. The van der Waals surface area contributed by atoms with Crippen molar-refractivity contribution < 1.29 is 9.09 Å². The molecule has 1 aromatic carbocycles. The summed E-state index contributed by atoms with van der Waals surface area (Å²) in [6.07, 6.45) is 0. The zero-order valence-electron chi connectivity index (χ0n) is 5.63. The maximum Gasteiger partial charge on any atom is 0.253 e. The Balaban J connectivity index is 2.78. The lowest BCUT2D eigenvalue weighted by atomic mass is 10.2. The van der Waals surface area contributed by atoms with Crippen LogP contribution in [0.15, 0.2) is 24.3 Å². The Labute approximate surface area is 61.1 Å². The van der Waals surface area contributed by atoms with Gasteiger partial charge in [-0.25, -0.2) is 4.57 Å². The van der Waals surface area contributed by atoms with Crippen molar-refractivity contribution in [3.8, 4) is 5.75 Å². The van der Waals surface area contributed by atoms with E-state index in [-0.39, 0.29) is 0 Å². The first-order chi connectivity index (χ1) is 4.83. The molecule has 1 atom stereocenters. The zero-order valence-corrected chi connectivity index (χ0v) is 6.63. The molecule has 0 aromatic heterocycles. The van der Waals surface area contributed by atoms with Crippen LogP contribution in [0.25, 0.3) is 0 Å². The van der Waals surface area contributed by atoms with Crippen molar-refractivity contribution in [1.82, 2.24) is 0 Å². The van der Waals surface area contributed by atoms with Crippen LogP contribution in [-0.4, -0.2) is 0 Å². The first-order valence-corrected chi connectivity index (χ1v) is 3.75. The molecule has 0 saturated heterocycles. The average molecular weight is 155 g/mol. The Kier molecular flexibility index (Phi) is 2.41. The number of benzene rings is 1. The van der Waals surface area contributed by atoms with E-state index in [0.717, 1.165) is 0 Å². The fourth-order valence-corrected chi connectivity index (χ4v) is 0.887.